The predicted molar refractivity (Wildman–Crippen MR) is 100 cm³/mol. The lowest BCUT2D eigenvalue weighted by atomic mass is 9.97. The van der Waals surface area contributed by atoms with Crippen molar-refractivity contribution in [3.05, 3.63) is 40.5 Å². The summed E-state index contributed by atoms with van der Waals surface area (Å²) in [6.07, 6.45) is 2.27. The Hall–Kier alpha value is -1.85. The third kappa shape index (κ3) is 4.10. The highest BCUT2D eigenvalue weighted by atomic mass is 35.5. The topological polar surface area (TPSA) is 61.3 Å². The molecule has 0 bridgehead atoms. The summed E-state index contributed by atoms with van der Waals surface area (Å²) < 4.78 is 11.5. The van der Waals surface area contributed by atoms with Gasteiger partial charge in [0.25, 0.3) is 5.88 Å². The fourth-order valence-electron chi connectivity index (χ4n) is 2.40. The van der Waals surface area contributed by atoms with Crippen molar-refractivity contribution < 1.29 is 14.3 Å². The molecule has 7 heteroatoms. The van der Waals surface area contributed by atoms with E-state index in [2.05, 4.69) is 10.2 Å². The Morgan fingerprint density at radius 3 is 2.69 bits per heavy atom. The molecule has 5 nitrogen and oxygen atoms in total. The number of halogens is 2. The van der Waals surface area contributed by atoms with Crippen LogP contribution in [0, 0.1) is 12.3 Å². The maximum absolute atomic E-state index is 12.4. The number of aromatic nitrogens is 2. The van der Waals surface area contributed by atoms with Gasteiger partial charge in [-0.15, -0.1) is 21.8 Å². The van der Waals surface area contributed by atoms with Crippen LogP contribution in [0.25, 0.3) is 0 Å². The van der Waals surface area contributed by atoms with E-state index in [1.807, 2.05) is 25.1 Å². The number of rotatable bonds is 6. The third-order valence-electron chi connectivity index (χ3n) is 4.24. The van der Waals surface area contributed by atoms with Gasteiger partial charge in [-0.05, 0) is 50.7 Å². The molecule has 1 heterocycles. The van der Waals surface area contributed by atoms with Gasteiger partial charge >= 0.3 is 5.97 Å². The van der Waals surface area contributed by atoms with Crippen LogP contribution < -0.4 is 9.47 Å². The molecular formula is C19H20Cl2N2O3. The van der Waals surface area contributed by atoms with Gasteiger partial charge in [0.2, 0.25) is 0 Å². The molecule has 1 aliphatic carbocycles. The average Bonchev–Trinajstić information content (AvgIpc) is 3.43. The van der Waals surface area contributed by atoms with E-state index >= 15 is 0 Å². The van der Waals surface area contributed by atoms with E-state index in [1.54, 1.807) is 13.8 Å². The lowest BCUT2D eigenvalue weighted by Gasteiger charge is -2.20. The lowest BCUT2D eigenvalue weighted by Crippen LogP contribution is -2.30. The first-order valence-corrected chi connectivity index (χ1v) is 9.32. The van der Waals surface area contributed by atoms with E-state index in [1.165, 1.54) is 6.07 Å². The number of carbonyl (C=O) groups excluding carboxylic acids is 1. The van der Waals surface area contributed by atoms with E-state index in [-0.39, 0.29) is 22.7 Å². The number of benzene rings is 1. The van der Waals surface area contributed by atoms with Crippen molar-refractivity contribution in [2.75, 3.05) is 5.88 Å². The van der Waals surface area contributed by atoms with Crippen LogP contribution in [0.1, 0.15) is 43.7 Å². The Balaban J connectivity index is 1.93. The second-order valence-corrected chi connectivity index (χ2v) is 7.77. The molecule has 0 saturated heterocycles. The van der Waals surface area contributed by atoms with Gasteiger partial charge in [-0.2, -0.15) is 0 Å². The summed E-state index contributed by atoms with van der Waals surface area (Å²) in [4.78, 5) is 12.4. The Morgan fingerprint density at radius 1 is 1.31 bits per heavy atom. The highest BCUT2D eigenvalue weighted by Crippen LogP contribution is 2.47. The number of hydrogen-bond acceptors (Lipinski definition) is 5. The second-order valence-electron chi connectivity index (χ2n) is 7.11. The molecular weight excluding hydrogens is 375 g/mol. The van der Waals surface area contributed by atoms with Gasteiger partial charge in [0.05, 0.1) is 5.41 Å². The van der Waals surface area contributed by atoms with Crippen molar-refractivity contribution in [2.45, 2.75) is 39.5 Å². The zero-order valence-electron chi connectivity index (χ0n) is 14.9. The molecule has 3 rings (SSSR count). The Labute approximate surface area is 162 Å². The molecule has 0 aliphatic heterocycles. The van der Waals surface area contributed by atoms with Crippen molar-refractivity contribution >= 4 is 29.2 Å². The number of carbonyl (C=O) groups is 1. The minimum absolute atomic E-state index is 0.101. The Kier molecular flexibility index (Phi) is 5.39. The van der Waals surface area contributed by atoms with Crippen LogP contribution in [0.3, 0.4) is 0 Å². The summed E-state index contributed by atoms with van der Waals surface area (Å²) in [6.45, 7) is 5.37. The van der Waals surface area contributed by atoms with Crippen LogP contribution in [0.4, 0.5) is 0 Å². The molecule has 0 atom stereocenters. The molecule has 1 aromatic carbocycles. The molecule has 26 heavy (non-hydrogen) atoms. The van der Waals surface area contributed by atoms with E-state index in [0.717, 1.165) is 29.7 Å². The van der Waals surface area contributed by atoms with E-state index in [4.69, 9.17) is 32.7 Å². The highest BCUT2D eigenvalue weighted by molar-refractivity contribution is 6.29. The molecule has 1 aliphatic rings. The Morgan fingerprint density at radius 2 is 2.04 bits per heavy atom. The molecule has 1 saturated carbocycles. The van der Waals surface area contributed by atoms with Crippen molar-refractivity contribution in [3.8, 4) is 17.4 Å². The fourth-order valence-corrected chi connectivity index (χ4v) is 2.65. The van der Waals surface area contributed by atoms with Crippen molar-refractivity contribution in [3.63, 3.8) is 0 Å². The van der Waals surface area contributed by atoms with Crippen molar-refractivity contribution in [2.24, 2.45) is 5.41 Å². The van der Waals surface area contributed by atoms with E-state index < -0.39 is 11.4 Å². The smallest absolute Gasteiger partial charge is 0.318 e. The van der Waals surface area contributed by atoms with Crippen LogP contribution in [-0.4, -0.2) is 22.0 Å². The summed E-state index contributed by atoms with van der Waals surface area (Å²) in [7, 11) is 0. The number of hydrogen-bond donors (Lipinski definition) is 0. The van der Waals surface area contributed by atoms with Gasteiger partial charge in [0.1, 0.15) is 5.75 Å². The first kappa shape index (κ1) is 18.9. The van der Waals surface area contributed by atoms with Gasteiger partial charge in [0.15, 0.2) is 10.9 Å². The minimum atomic E-state index is -0.851. The maximum atomic E-state index is 12.4. The number of ether oxygens (including phenoxy) is 2. The Bertz CT molecular complexity index is 836. The molecule has 138 valence electrons. The van der Waals surface area contributed by atoms with Crippen LogP contribution >= 0.6 is 23.2 Å². The number of aryl methyl sites for hydroxylation is 1. The molecule has 0 spiro atoms. The lowest BCUT2D eigenvalue weighted by molar-refractivity contribution is -0.142. The summed E-state index contributed by atoms with van der Waals surface area (Å²) >= 11 is 11.8. The van der Waals surface area contributed by atoms with Crippen molar-refractivity contribution in [1.29, 1.82) is 0 Å². The van der Waals surface area contributed by atoms with Gasteiger partial charge < -0.3 is 9.47 Å². The van der Waals surface area contributed by atoms with Gasteiger partial charge in [-0.25, -0.2) is 0 Å². The molecule has 1 aromatic heterocycles. The summed E-state index contributed by atoms with van der Waals surface area (Å²) in [5.41, 5.74) is 1.25. The number of esters is 1. The molecule has 0 radical (unpaired) electrons. The second kappa shape index (κ2) is 7.41. The van der Waals surface area contributed by atoms with Crippen LogP contribution in [0.15, 0.2) is 24.3 Å². The van der Waals surface area contributed by atoms with E-state index in [9.17, 15) is 4.79 Å². The van der Waals surface area contributed by atoms with Gasteiger partial charge in [-0.1, -0.05) is 29.8 Å². The standard InChI is InChI=1S/C19H20Cl2N2O3/c1-11-5-4-6-13(12-7-8-12)16(11)26-17-14(9-15(21)22-23-17)25-18(24)19(2,3)10-20/h4-6,9,12H,7-8,10H2,1-3H3. The third-order valence-corrected chi connectivity index (χ3v) is 5.10. The molecule has 0 N–H and O–H groups in total. The monoisotopic (exact) mass is 394 g/mol. The molecule has 0 amide bonds. The highest BCUT2D eigenvalue weighted by Gasteiger charge is 2.31. The van der Waals surface area contributed by atoms with E-state index in [0.29, 0.717) is 5.92 Å². The predicted octanol–water partition coefficient (Wildman–Crippen LogP) is 5.28. The first-order valence-electron chi connectivity index (χ1n) is 8.40. The summed E-state index contributed by atoms with van der Waals surface area (Å²) in [6, 6.07) is 7.44. The average molecular weight is 395 g/mol. The van der Waals surface area contributed by atoms with Crippen LogP contribution in [-0.2, 0) is 4.79 Å². The molecule has 1 fully saturated rings. The molecule has 2 aromatic rings. The zero-order valence-corrected chi connectivity index (χ0v) is 16.4. The summed E-state index contributed by atoms with van der Waals surface area (Å²) in [5.74, 6) is 1.07. The minimum Gasteiger partial charge on any atom is -0.434 e. The first-order chi connectivity index (χ1) is 12.3. The quantitative estimate of drug-likeness (QED) is 0.492. The van der Waals surface area contributed by atoms with Crippen LogP contribution in [0.5, 0.6) is 17.4 Å². The zero-order chi connectivity index (χ0) is 18.9. The molecule has 0 unspecified atom stereocenters. The van der Waals surface area contributed by atoms with Gasteiger partial charge in [-0.3, -0.25) is 4.79 Å². The van der Waals surface area contributed by atoms with Crippen molar-refractivity contribution in [1.82, 2.24) is 10.2 Å². The largest absolute Gasteiger partial charge is 0.434 e. The van der Waals surface area contributed by atoms with Gasteiger partial charge in [0, 0.05) is 11.9 Å². The fraction of sp³-hybridized carbons (Fsp3) is 0.421. The normalized spacial score (nSPS) is 14.2. The number of para-hydroxylation sites is 1. The number of alkyl halides is 1. The maximum Gasteiger partial charge on any atom is 0.318 e. The SMILES string of the molecule is Cc1cccc(C2CC2)c1Oc1nnc(Cl)cc1OC(=O)C(C)(C)CCl. The number of nitrogens with zero attached hydrogens (tertiary/aromatic N) is 2. The summed E-state index contributed by atoms with van der Waals surface area (Å²) in [5, 5.41) is 7.91. The van der Waals surface area contributed by atoms with Crippen LogP contribution in [0.2, 0.25) is 5.15 Å².